The van der Waals surface area contributed by atoms with Gasteiger partial charge in [0.1, 0.15) is 5.69 Å². The molecule has 7 heteroatoms. The average Bonchev–Trinajstić information content (AvgIpc) is 3.00. The number of amides is 1. The highest BCUT2D eigenvalue weighted by atomic mass is 16.6. The maximum atomic E-state index is 12.2. The largest absolute Gasteiger partial charge is 0.394 e. The van der Waals surface area contributed by atoms with Crippen molar-refractivity contribution in [1.29, 1.82) is 0 Å². The molecule has 2 aromatic rings. The van der Waals surface area contributed by atoms with E-state index in [4.69, 9.17) is 0 Å². The third kappa shape index (κ3) is 3.38. The fourth-order valence-corrected chi connectivity index (χ4v) is 3.27. The van der Waals surface area contributed by atoms with E-state index in [1.165, 1.54) is 12.1 Å². The molecule has 3 N–H and O–H groups in total. The molecule has 1 aliphatic carbocycles. The van der Waals surface area contributed by atoms with E-state index >= 15 is 0 Å². The zero-order chi connectivity index (χ0) is 17.9. The summed E-state index contributed by atoms with van der Waals surface area (Å²) < 4.78 is 0. The van der Waals surface area contributed by atoms with Crippen molar-refractivity contribution in [2.24, 2.45) is 0 Å². The second-order valence-electron chi connectivity index (χ2n) is 6.07. The van der Waals surface area contributed by atoms with E-state index < -0.39 is 16.4 Å². The van der Waals surface area contributed by atoms with Gasteiger partial charge in [-0.3, -0.25) is 20.2 Å². The number of fused-ring (bicyclic) bond motifs is 1. The van der Waals surface area contributed by atoms with Gasteiger partial charge in [-0.25, -0.2) is 0 Å². The molecule has 1 unspecified atom stereocenters. The van der Waals surface area contributed by atoms with Crippen LogP contribution in [0.25, 0.3) is 0 Å². The standard InChI is InChI=1S/C18H19N3O4/c22-12-18(10-9-13-5-1-2-6-14(13)18)19-11-17(23)20-15-7-3-4-8-16(15)21(24)25/h1-8,19,22H,9-12H2,(H,20,23). The minimum Gasteiger partial charge on any atom is -0.394 e. The maximum absolute atomic E-state index is 12.2. The summed E-state index contributed by atoms with van der Waals surface area (Å²) in [6.45, 7) is -0.177. The Morgan fingerprint density at radius 2 is 1.92 bits per heavy atom. The van der Waals surface area contributed by atoms with Crippen LogP contribution in [0.5, 0.6) is 0 Å². The molecule has 0 saturated heterocycles. The Balaban J connectivity index is 1.70. The van der Waals surface area contributed by atoms with Crippen LogP contribution in [0, 0.1) is 10.1 Å². The Labute approximate surface area is 144 Å². The molecule has 7 nitrogen and oxygen atoms in total. The lowest BCUT2D eigenvalue weighted by Gasteiger charge is -2.29. The Bertz CT molecular complexity index is 808. The third-order valence-electron chi connectivity index (χ3n) is 4.59. The number of para-hydroxylation sites is 2. The third-order valence-corrected chi connectivity index (χ3v) is 4.59. The number of anilines is 1. The van der Waals surface area contributed by atoms with E-state index in [0.29, 0.717) is 6.42 Å². The van der Waals surface area contributed by atoms with Crippen molar-refractivity contribution in [3.05, 3.63) is 69.8 Å². The van der Waals surface area contributed by atoms with Crippen LogP contribution in [0.2, 0.25) is 0 Å². The molecule has 3 rings (SSSR count). The topological polar surface area (TPSA) is 104 Å². The number of nitrogens with one attached hydrogen (secondary N) is 2. The Kier molecular flexibility index (Phi) is 4.78. The monoisotopic (exact) mass is 341 g/mol. The first kappa shape index (κ1) is 17.1. The molecule has 130 valence electrons. The van der Waals surface area contributed by atoms with Crippen LogP contribution in [0.3, 0.4) is 0 Å². The van der Waals surface area contributed by atoms with Gasteiger partial charge in [0.15, 0.2) is 0 Å². The van der Waals surface area contributed by atoms with Gasteiger partial charge >= 0.3 is 0 Å². The van der Waals surface area contributed by atoms with E-state index in [1.807, 2.05) is 24.3 Å². The first-order valence-corrected chi connectivity index (χ1v) is 8.03. The van der Waals surface area contributed by atoms with Crippen molar-refractivity contribution in [2.75, 3.05) is 18.5 Å². The fraction of sp³-hybridized carbons (Fsp3) is 0.278. The molecule has 0 aliphatic heterocycles. The summed E-state index contributed by atoms with van der Waals surface area (Å²) in [5.41, 5.74) is 1.50. The smallest absolute Gasteiger partial charge is 0.292 e. The summed E-state index contributed by atoms with van der Waals surface area (Å²) in [5, 5.41) is 26.6. The van der Waals surface area contributed by atoms with E-state index in [1.54, 1.807) is 12.1 Å². The average molecular weight is 341 g/mol. The van der Waals surface area contributed by atoms with Crippen molar-refractivity contribution >= 4 is 17.3 Å². The fourth-order valence-electron chi connectivity index (χ4n) is 3.27. The van der Waals surface area contributed by atoms with Gasteiger partial charge in [0.2, 0.25) is 5.91 Å². The molecule has 1 atom stereocenters. The minimum absolute atomic E-state index is 0.0546. The Morgan fingerprint density at radius 3 is 2.68 bits per heavy atom. The molecule has 2 aromatic carbocycles. The van der Waals surface area contributed by atoms with Gasteiger partial charge in [0.25, 0.3) is 5.69 Å². The van der Waals surface area contributed by atoms with Crippen molar-refractivity contribution in [3.8, 4) is 0 Å². The predicted molar refractivity (Wildman–Crippen MR) is 93.3 cm³/mol. The number of nitro groups is 1. The van der Waals surface area contributed by atoms with Crippen molar-refractivity contribution in [2.45, 2.75) is 18.4 Å². The second-order valence-corrected chi connectivity index (χ2v) is 6.07. The Morgan fingerprint density at radius 1 is 1.20 bits per heavy atom. The number of hydrogen-bond acceptors (Lipinski definition) is 5. The highest BCUT2D eigenvalue weighted by Gasteiger charge is 2.37. The Hall–Kier alpha value is -2.77. The lowest BCUT2D eigenvalue weighted by atomic mass is 9.92. The maximum Gasteiger partial charge on any atom is 0.292 e. The van der Waals surface area contributed by atoms with E-state index in [2.05, 4.69) is 10.6 Å². The van der Waals surface area contributed by atoms with Crippen molar-refractivity contribution in [3.63, 3.8) is 0 Å². The summed E-state index contributed by atoms with van der Waals surface area (Å²) in [6, 6.07) is 13.8. The summed E-state index contributed by atoms with van der Waals surface area (Å²) in [6.07, 6.45) is 1.52. The van der Waals surface area contributed by atoms with Gasteiger partial charge in [0.05, 0.1) is 23.6 Å². The van der Waals surface area contributed by atoms with Gasteiger partial charge in [-0.05, 0) is 30.0 Å². The molecule has 25 heavy (non-hydrogen) atoms. The lowest BCUT2D eigenvalue weighted by Crippen LogP contribution is -2.47. The van der Waals surface area contributed by atoms with E-state index in [-0.39, 0.29) is 24.5 Å². The number of hydrogen-bond donors (Lipinski definition) is 3. The molecule has 0 fully saturated rings. The number of aryl methyl sites for hydroxylation is 1. The van der Waals surface area contributed by atoms with Gasteiger partial charge < -0.3 is 10.4 Å². The van der Waals surface area contributed by atoms with Crippen LogP contribution in [-0.4, -0.2) is 29.1 Å². The number of carbonyl (C=O) groups is 1. The zero-order valence-electron chi connectivity index (χ0n) is 13.6. The quantitative estimate of drug-likeness (QED) is 0.550. The number of aliphatic hydroxyl groups is 1. The first-order valence-electron chi connectivity index (χ1n) is 8.03. The number of rotatable bonds is 6. The van der Waals surface area contributed by atoms with E-state index in [9.17, 15) is 20.0 Å². The number of nitrogens with zero attached hydrogens (tertiary/aromatic N) is 1. The van der Waals surface area contributed by atoms with Crippen LogP contribution < -0.4 is 10.6 Å². The molecule has 0 saturated carbocycles. The summed E-state index contributed by atoms with van der Waals surface area (Å²) in [5.74, 6) is -0.397. The molecule has 1 amide bonds. The van der Waals surface area contributed by atoms with Crippen LogP contribution >= 0.6 is 0 Å². The van der Waals surface area contributed by atoms with Crippen LogP contribution in [0.15, 0.2) is 48.5 Å². The zero-order valence-corrected chi connectivity index (χ0v) is 13.6. The molecular formula is C18H19N3O4. The molecule has 1 aliphatic rings. The number of carbonyl (C=O) groups excluding carboxylic acids is 1. The molecule has 0 heterocycles. The first-order chi connectivity index (χ1) is 12.1. The van der Waals surface area contributed by atoms with Gasteiger partial charge in [-0.2, -0.15) is 0 Å². The minimum atomic E-state index is -0.656. The summed E-state index contributed by atoms with van der Waals surface area (Å²) in [7, 11) is 0. The molecule has 0 aromatic heterocycles. The lowest BCUT2D eigenvalue weighted by molar-refractivity contribution is -0.383. The van der Waals surface area contributed by atoms with Crippen LogP contribution in [-0.2, 0) is 16.8 Å². The summed E-state index contributed by atoms with van der Waals surface area (Å²) >= 11 is 0. The molecule has 0 bridgehead atoms. The van der Waals surface area contributed by atoms with Gasteiger partial charge in [-0.15, -0.1) is 0 Å². The highest BCUT2D eigenvalue weighted by molar-refractivity contribution is 5.94. The van der Waals surface area contributed by atoms with Gasteiger partial charge in [0, 0.05) is 6.07 Å². The number of aliphatic hydroxyl groups excluding tert-OH is 1. The van der Waals surface area contributed by atoms with Crippen LogP contribution in [0.4, 0.5) is 11.4 Å². The SMILES string of the molecule is O=C(CNC1(CO)CCc2ccccc21)Nc1ccccc1[N+](=O)[O-]. The van der Waals surface area contributed by atoms with Crippen LogP contribution in [0.1, 0.15) is 17.5 Å². The predicted octanol–water partition coefficient (Wildman–Crippen LogP) is 1.96. The normalized spacial score (nSPS) is 18.6. The van der Waals surface area contributed by atoms with Crippen molar-refractivity contribution in [1.82, 2.24) is 5.32 Å². The second kappa shape index (κ2) is 7.00. The van der Waals surface area contributed by atoms with Crippen molar-refractivity contribution < 1.29 is 14.8 Å². The van der Waals surface area contributed by atoms with E-state index in [0.717, 1.165) is 17.5 Å². The molecule has 0 spiro atoms. The van der Waals surface area contributed by atoms with Gasteiger partial charge in [-0.1, -0.05) is 36.4 Å². The number of benzene rings is 2. The molecular weight excluding hydrogens is 322 g/mol. The number of nitro benzene ring substituents is 1. The summed E-state index contributed by atoms with van der Waals surface area (Å²) in [4.78, 5) is 22.7. The molecule has 0 radical (unpaired) electrons. The highest BCUT2D eigenvalue weighted by Crippen LogP contribution is 2.36.